The zero-order valence-electron chi connectivity index (χ0n) is 19.2. The summed E-state index contributed by atoms with van der Waals surface area (Å²) in [6.45, 7) is 7.32. The van der Waals surface area contributed by atoms with E-state index in [-0.39, 0.29) is 17.7 Å². The molecule has 3 aliphatic heterocycles. The molecule has 33 heavy (non-hydrogen) atoms. The summed E-state index contributed by atoms with van der Waals surface area (Å²) < 4.78 is 5.38. The number of amides is 2. The molecule has 8 heteroatoms. The summed E-state index contributed by atoms with van der Waals surface area (Å²) in [5, 5.41) is 0. The summed E-state index contributed by atoms with van der Waals surface area (Å²) in [6.07, 6.45) is 2.01. The van der Waals surface area contributed by atoms with Gasteiger partial charge in [-0.05, 0) is 25.3 Å². The van der Waals surface area contributed by atoms with Crippen LogP contribution in [0.3, 0.4) is 0 Å². The molecular weight excluding hydrogens is 418 g/mol. The van der Waals surface area contributed by atoms with Gasteiger partial charge in [-0.2, -0.15) is 0 Å². The summed E-state index contributed by atoms with van der Waals surface area (Å²) in [5.74, 6) is 1.86. The van der Waals surface area contributed by atoms with Gasteiger partial charge in [0.05, 0.1) is 26.3 Å². The van der Waals surface area contributed by atoms with E-state index in [1.165, 1.54) is 0 Å². The molecule has 1 aromatic carbocycles. The van der Waals surface area contributed by atoms with E-state index in [0.29, 0.717) is 45.7 Å². The van der Waals surface area contributed by atoms with E-state index in [0.717, 1.165) is 54.5 Å². The van der Waals surface area contributed by atoms with Crippen LogP contribution >= 0.6 is 0 Å². The molecule has 2 fully saturated rings. The highest BCUT2D eigenvalue weighted by atomic mass is 16.5. The molecule has 2 saturated heterocycles. The summed E-state index contributed by atoms with van der Waals surface area (Å²) >= 11 is 0. The number of morpholine rings is 1. The lowest BCUT2D eigenvalue weighted by Crippen LogP contribution is -2.44. The predicted octanol–water partition coefficient (Wildman–Crippen LogP) is 1.91. The van der Waals surface area contributed by atoms with E-state index in [4.69, 9.17) is 14.7 Å². The third-order valence-corrected chi connectivity index (χ3v) is 6.91. The summed E-state index contributed by atoms with van der Waals surface area (Å²) in [4.78, 5) is 41.3. The molecule has 1 aromatic heterocycles. The number of anilines is 1. The Kier molecular flexibility index (Phi) is 6.37. The maximum atomic E-state index is 12.8. The number of nitrogens with zero attached hydrogens (tertiary/aromatic N) is 5. The fourth-order valence-electron chi connectivity index (χ4n) is 4.96. The van der Waals surface area contributed by atoms with E-state index in [2.05, 4.69) is 4.90 Å². The van der Waals surface area contributed by atoms with Crippen molar-refractivity contribution < 1.29 is 14.3 Å². The Balaban J connectivity index is 1.33. The van der Waals surface area contributed by atoms with Gasteiger partial charge in [0, 0.05) is 49.8 Å². The van der Waals surface area contributed by atoms with Gasteiger partial charge in [-0.25, -0.2) is 9.97 Å². The average Bonchev–Trinajstić information content (AvgIpc) is 3.33. The monoisotopic (exact) mass is 449 g/mol. The minimum absolute atomic E-state index is 0.0956. The van der Waals surface area contributed by atoms with Crippen molar-refractivity contribution in [2.75, 3.05) is 50.8 Å². The highest BCUT2D eigenvalue weighted by Gasteiger charge is 2.33. The zero-order valence-corrected chi connectivity index (χ0v) is 19.2. The lowest BCUT2D eigenvalue weighted by Gasteiger charge is -2.30. The van der Waals surface area contributed by atoms with E-state index < -0.39 is 0 Å². The molecule has 0 spiro atoms. The Hall–Kier alpha value is -2.84. The minimum Gasteiger partial charge on any atom is -0.379 e. The molecule has 1 atom stereocenters. The van der Waals surface area contributed by atoms with E-state index in [9.17, 15) is 9.59 Å². The van der Waals surface area contributed by atoms with Crippen molar-refractivity contribution in [3.8, 4) is 0 Å². The number of ether oxygens (including phenoxy) is 1. The first-order valence-corrected chi connectivity index (χ1v) is 11.9. The van der Waals surface area contributed by atoms with Crippen molar-refractivity contribution in [3.05, 3.63) is 53.0 Å². The standard InChI is InChI=1S/C25H31N5O3/c1-18-21-7-8-22(31)30(15-19-5-3-2-4-6-19)25(21)27-24(26-18)20-9-10-29(16-20)23(32)17-28-11-13-33-14-12-28/h2-6,20H,7-17H2,1H3/t20-/m0/s1. The number of aryl methyl sites for hydroxylation is 1. The molecule has 0 N–H and O–H groups in total. The van der Waals surface area contributed by atoms with Crippen LogP contribution in [0.4, 0.5) is 5.82 Å². The smallest absolute Gasteiger partial charge is 0.236 e. The molecule has 8 nitrogen and oxygen atoms in total. The molecule has 2 amide bonds. The van der Waals surface area contributed by atoms with E-state index in [1.54, 1.807) is 0 Å². The highest BCUT2D eigenvalue weighted by Crippen LogP contribution is 2.33. The number of carbonyl (C=O) groups is 2. The van der Waals surface area contributed by atoms with E-state index in [1.807, 2.05) is 47.1 Å². The van der Waals surface area contributed by atoms with Gasteiger partial charge in [0.1, 0.15) is 11.6 Å². The van der Waals surface area contributed by atoms with Crippen molar-refractivity contribution >= 4 is 17.6 Å². The van der Waals surface area contributed by atoms with Crippen molar-refractivity contribution in [1.82, 2.24) is 19.8 Å². The van der Waals surface area contributed by atoms with Crippen LogP contribution in [0.5, 0.6) is 0 Å². The fraction of sp³-hybridized carbons (Fsp3) is 0.520. The number of carbonyl (C=O) groups excluding carboxylic acids is 2. The molecule has 0 aliphatic carbocycles. The Labute approximate surface area is 194 Å². The van der Waals surface area contributed by atoms with Crippen molar-refractivity contribution in [2.24, 2.45) is 0 Å². The van der Waals surface area contributed by atoms with Crippen molar-refractivity contribution in [2.45, 2.75) is 38.6 Å². The highest BCUT2D eigenvalue weighted by molar-refractivity contribution is 5.95. The minimum atomic E-state index is 0.0956. The molecule has 2 aromatic rings. The summed E-state index contributed by atoms with van der Waals surface area (Å²) in [5.41, 5.74) is 3.09. The van der Waals surface area contributed by atoms with Crippen LogP contribution in [0, 0.1) is 6.92 Å². The number of aromatic nitrogens is 2. The van der Waals surface area contributed by atoms with Crippen molar-refractivity contribution in [1.29, 1.82) is 0 Å². The second-order valence-electron chi connectivity index (χ2n) is 9.15. The Morgan fingerprint density at radius 3 is 2.67 bits per heavy atom. The average molecular weight is 450 g/mol. The van der Waals surface area contributed by atoms with Gasteiger partial charge < -0.3 is 9.64 Å². The molecule has 0 unspecified atom stereocenters. The number of likely N-dealkylation sites (tertiary alicyclic amines) is 1. The van der Waals surface area contributed by atoms with Crippen LogP contribution in [-0.4, -0.2) is 77.5 Å². The molecule has 174 valence electrons. The van der Waals surface area contributed by atoms with Gasteiger partial charge >= 0.3 is 0 Å². The van der Waals surface area contributed by atoms with Gasteiger partial charge in [-0.1, -0.05) is 30.3 Å². The lowest BCUT2D eigenvalue weighted by molar-refractivity contribution is -0.132. The number of hydrogen-bond acceptors (Lipinski definition) is 6. The number of hydrogen-bond donors (Lipinski definition) is 0. The largest absolute Gasteiger partial charge is 0.379 e. The maximum Gasteiger partial charge on any atom is 0.236 e. The molecule has 3 aliphatic rings. The van der Waals surface area contributed by atoms with Gasteiger partial charge in [0.25, 0.3) is 0 Å². The fourth-order valence-corrected chi connectivity index (χ4v) is 4.96. The molecule has 4 heterocycles. The van der Waals surface area contributed by atoms with Crippen molar-refractivity contribution in [3.63, 3.8) is 0 Å². The van der Waals surface area contributed by atoms with Gasteiger partial charge in [-0.15, -0.1) is 0 Å². The van der Waals surface area contributed by atoms with Crippen LogP contribution in [0.2, 0.25) is 0 Å². The SMILES string of the molecule is Cc1nc([C@H]2CCN(C(=O)CN3CCOCC3)C2)nc2c1CCC(=O)N2Cc1ccccc1. The lowest BCUT2D eigenvalue weighted by atomic mass is 10.0. The maximum absolute atomic E-state index is 12.8. The third kappa shape index (κ3) is 4.77. The van der Waals surface area contributed by atoms with Crippen LogP contribution in [0.25, 0.3) is 0 Å². The number of fused-ring (bicyclic) bond motifs is 1. The molecule has 0 bridgehead atoms. The van der Waals surface area contributed by atoms with E-state index >= 15 is 0 Å². The molecule has 0 saturated carbocycles. The van der Waals surface area contributed by atoms with Crippen LogP contribution in [-0.2, 0) is 27.3 Å². The van der Waals surface area contributed by atoms with Crippen LogP contribution in [0.1, 0.15) is 41.4 Å². The Morgan fingerprint density at radius 1 is 1.09 bits per heavy atom. The first kappa shape index (κ1) is 22.0. The van der Waals surface area contributed by atoms with Gasteiger partial charge in [0.15, 0.2) is 0 Å². The molecule has 0 radical (unpaired) electrons. The van der Waals surface area contributed by atoms with Gasteiger partial charge in [-0.3, -0.25) is 19.4 Å². The quantitative estimate of drug-likeness (QED) is 0.694. The molecule has 5 rings (SSSR count). The van der Waals surface area contributed by atoms with Crippen LogP contribution < -0.4 is 4.90 Å². The Morgan fingerprint density at radius 2 is 1.88 bits per heavy atom. The Bertz CT molecular complexity index is 1020. The second kappa shape index (κ2) is 9.57. The number of rotatable bonds is 5. The number of benzene rings is 1. The predicted molar refractivity (Wildman–Crippen MR) is 124 cm³/mol. The second-order valence-corrected chi connectivity index (χ2v) is 9.15. The normalized spacial score (nSPS) is 21.4. The third-order valence-electron chi connectivity index (χ3n) is 6.91. The zero-order chi connectivity index (χ0) is 22.8. The van der Waals surface area contributed by atoms with Gasteiger partial charge in [0.2, 0.25) is 11.8 Å². The first-order chi connectivity index (χ1) is 16.1. The first-order valence-electron chi connectivity index (χ1n) is 11.9. The summed E-state index contributed by atoms with van der Waals surface area (Å²) in [6, 6.07) is 10.0. The topological polar surface area (TPSA) is 78.9 Å². The molecular formula is C25H31N5O3. The van der Waals surface area contributed by atoms with Crippen LogP contribution in [0.15, 0.2) is 30.3 Å². The summed E-state index contributed by atoms with van der Waals surface area (Å²) in [7, 11) is 0.